The number of likely N-dealkylation sites (N-methyl/N-ethyl adjacent to an activating group) is 1. The molecule has 1 aliphatic rings. The summed E-state index contributed by atoms with van der Waals surface area (Å²) in [6, 6.07) is 9.82. The van der Waals surface area contributed by atoms with Crippen molar-refractivity contribution in [1.82, 2.24) is 9.80 Å². The second kappa shape index (κ2) is 4.66. The summed E-state index contributed by atoms with van der Waals surface area (Å²) < 4.78 is 0. The highest BCUT2D eigenvalue weighted by Crippen LogP contribution is 2.12. The van der Waals surface area contributed by atoms with Crippen LogP contribution < -0.4 is 0 Å². The van der Waals surface area contributed by atoms with E-state index >= 15 is 0 Å². The first-order valence-electron chi connectivity index (χ1n) is 5.73. The minimum absolute atomic E-state index is 0.154. The molecule has 1 unspecified atom stereocenters. The zero-order valence-electron chi connectivity index (χ0n) is 9.89. The molecule has 3 heteroatoms. The Morgan fingerprint density at radius 1 is 1.25 bits per heavy atom. The van der Waals surface area contributed by atoms with Crippen LogP contribution in [0.15, 0.2) is 30.3 Å². The lowest BCUT2D eigenvalue weighted by atomic mass is 10.1. The fraction of sp³-hybridized carbons (Fsp3) is 0.462. The van der Waals surface area contributed by atoms with Crippen molar-refractivity contribution < 1.29 is 4.79 Å². The second-order valence-corrected chi connectivity index (χ2v) is 4.48. The van der Waals surface area contributed by atoms with E-state index in [0.29, 0.717) is 6.04 Å². The van der Waals surface area contributed by atoms with Gasteiger partial charge in [-0.3, -0.25) is 4.79 Å². The summed E-state index contributed by atoms with van der Waals surface area (Å²) in [7, 11) is 2.10. The van der Waals surface area contributed by atoms with Crippen molar-refractivity contribution >= 4 is 5.91 Å². The van der Waals surface area contributed by atoms with E-state index in [-0.39, 0.29) is 5.91 Å². The fourth-order valence-electron chi connectivity index (χ4n) is 2.19. The zero-order chi connectivity index (χ0) is 11.5. The molecule has 0 aliphatic carbocycles. The van der Waals surface area contributed by atoms with Crippen LogP contribution in [0.5, 0.6) is 0 Å². The van der Waals surface area contributed by atoms with E-state index in [2.05, 4.69) is 18.9 Å². The third-order valence-corrected chi connectivity index (χ3v) is 3.11. The Balaban J connectivity index is 2.11. The number of hydrogen-bond donors (Lipinski definition) is 0. The number of piperazine rings is 1. The standard InChI is InChI=1S/C13H18N2O/c1-11-10-14(2)8-9-15(11)13(16)12-6-4-3-5-7-12/h3-7,11H,8-10H2,1-2H3. The van der Waals surface area contributed by atoms with E-state index < -0.39 is 0 Å². The number of carbonyl (C=O) groups is 1. The van der Waals surface area contributed by atoms with Gasteiger partial charge in [0, 0.05) is 31.2 Å². The van der Waals surface area contributed by atoms with Gasteiger partial charge in [-0.25, -0.2) is 0 Å². The first-order valence-corrected chi connectivity index (χ1v) is 5.73. The SMILES string of the molecule is CC1CN(C)CCN1C(=O)c1ccccc1. The molecule has 1 heterocycles. The molecule has 1 fully saturated rings. The van der Waals surface area contributed by atoms with Gasteiger partial charge in [0.05, 0.1) is 0 Å². The summed E-state index contributed by atoms with van der Waals surface area (Å²) >= 11 is 0. The Hall–Kier alpha value is -1.35. The molecule has 1 aromatic carbocycles. The van der Waals surface area contributed by atoms with Crippen LogP contribution in [0.3, 0.4) is 0 Å². The van der Waals surface area contributed by atoms with Gasteiger partial charge < -0.3 is 9.80 Å². The number of benzene rings is 1. The minimum Gasteiger partial charge on any atom is -0.333 e. The molecule has 1 aliphatic heterocycles. The molecule has 3 nitrogen and oxygen atoms in total. The normalized spacial score (nSPS) is 22.1. The van der Waals surface area contributed by atoms with Crippen LogP contribution >= 0.6 is 0 Å². The van der Waals surface area contributed by atoms with Crippen molar-refractivity contribution in [2.24, 2.45) is 0 Å². The monoisotopic (exact) mass is 218 g/mol. The quantitative estimate of drug-likeness (QED) is 0.712. The molecule has 0 saturated carbocycles. The van der Waals surface area contributed by atoms with Gasteiger partial charge in [-0.15, -0.1) is 0 Å². The molecule has 0 aromatic heterocycles. The van der Waals surface area contributed by atoms with Crippen LogP contribution in [-0.4, -0.2) is 48.4 Å². The lowest BCUT2D eigenvalue weighted by Crippen LogP contribution is -2.52. The second-order valence-electron chi connectivity index (χ2n) is 4.48. The Morgan fingerprint density at radius 2 is 1.94 bits per heavy atom. The first-order chi connectivity index (χ1) is 7.68. The maximum atomic E-state index is 12.2. The lowest BCUT2D eigenvalue weighted by Gasteiger charge is -2.38. The van der Waals surface area contributed by atoms with Gasteiger partial charge in [-0.05, 0) is 26.1 Å². The van der Waals surface area contributed by atoms with E-state index in [1.165, 1.54) is 0 Å². The molecule has 0 N–H and O–H groups in total. The van der Waals surface area contributed by atoms with Crippen molar-refractivity contribution in [1.29, 1.82) is 0 Å². The predicted octanol–water partition coefficient (Wildman–Crippen LogP) is 1.46. The molecule has 1 saturated heterocycles. The highest BCUT2D eigenvalue weighted by molar-refractivity contribution is 5.94. The molecule has 2 rings (SSSR count). The van der Waals surface area contributed by atoms with E-state index in [1.807, 2.05) is 35.2 Å². The number of hydrogen-bond acceptors (Lipinski definition) is 2. The van der Waals surface area contributed by atoms with Gasteiger partial charge in [0.1, 0.15) is 0 Å². The number of amides is 1. The summed E-state index contributed by atoms with van der Waals surface area (Å²) in [4.78, 5) is 16.5. The summed E-state index contributed by atoms with van der Waals surface area (Å²) in [5.74, 6) is 0.154. The van der Waals surface area contributed by atoms with Crippen LogP contribution in [-0.2, 0) is 0 Å². The summed E-state index contributed by atoms with van der Waals surface area (Å²) in [6.45, 7) is 4.85. The smallest absolute Gasteiger partial charge is 0.254 e. The summed E-state index contributed by atoms with van der Waals surface area (Å²) in [5, 5.41) is 0. The van der Waals surface area contributed by atoms with E-state index in [4.69, 9.17) is 0 Å². The molecule has 1 atom stereocenters. The van der Waals surface area contributed by atoms with Gasteiger partial charge in [0.2, 0.25) is 0 Å². The maximum Gasteiger partial charge on any atom is 0.254 e. The molecule has 16 heavy (non-hydrogen) atoms. The van der Waals surface area contributed by atoms with Crippen molar-refractivity contribution in [3.8, 4) is 0 Å². The van der Waals surface area contributed by atoms with Crippen LogP contribution in [0.4, 0.5) is 0 Å². The number of rotatable bonds is 1. The van der Waals surface area contributed by atoms with Crippen molar-refractivity contribution in [2.75, 3.05) is 26.7 Å². The van der Waals surface area contributed by atoms with Gasteiger partial charge in [-0.1, -0.05) is 18.2 Å². The van der Waals surface area contributed by atoms with Crippen LogP contribution in [0, 0.1) is 0 Å². The van der Waals surface area contributed by atoms with Gasteiger partial charge in [0.25, 0.3) is 5.91 Å². The minimum atomic E-state index is 0.154. The Kier molecular flexibility index (Phi) is 3.25. The average molecular weight is 218 g/mol. The highest BCUT2D eigenvalue weighted by atomic mass is 16.2. The third kappa shape index (κ3) is 2.25. The third-order valence-electron chi connectivity index (χ3n) is 3.11. The van der Waals surface area contributed by atoms with Crippen molar-refractivity contribution in [3.63, 3.8) is 0 Å². The Labute approximate surface area is 96.7 Å². The van der Waals surface area contributed by atoms with Crippen molar-refractivity contribution in [2.45, 2.75) is 13.0 Å². The van der Waals surface area contributed by atoms with Crippen molar-refractivity contribution in [3.05, 3.63) is 35.9 Å². The Bertz CT molecular complexity index is 363. The van der Waals surface area contributed by atoms with Crippen LogP contribution in [0.25, 0.3) is 0 Å². The Morgan fingerprint density at radius 3 is 2.56 bits per heavy atom. The first kappa shape index (κ1) is 11.1. The molecule has 1 aromatic rings. The predicted molar refractivity (Wildman–Crippen MR) is 64.4 cm³/mol. The van der Waals surface area contributed by atoms with E-state index in [0.717, 1.165) is 25.2 Å². The van der Waals surface area contributed by atoms with E-state index in [1.54, 1.807) is 0 Å². The molecule has 0 spiro atoms. The van der Waals surface area contributed by atoms with Gasteiger partial charge in [-0.2, -0.15) is 0 Å². The number of nitrogens with zero attached hydrogens (tertiary/aromatic N) is 2. The summed E-state index contributed by atoms with van der Waals surface area (Å²) in [5.41, 5.74) is 0.791. The molecule has 1 amide bonds. The van der Waals surface area contributed by atoms with Gasteiger partial charge >= 0.3 is 0 Å². The van der Waals surface area contributed by atoms with E-state index in [9.17, 15) is 4.79 Å². The molecular formula is C13H18N2O. The average Bonchev–Trinajstić information content (AvgIpc) is 2.29. The summed E-state index contributed by atoms with van der Waals surface area (Å²) in [6.07, 6.45) is 0. The molecule has 86 valence electrons. The largest absolute Gasteiger partial charge is 0.333 e. The maximum absolute atomic E-state index is 12.2. The number of carbonyl (C=O) groups excluding carboxylic acids is 1. The molecule has 0 radical (unpaired) electrons. The highest BCUT2D eigenvalue weighted by Gasteiger charge is 2.26. The van der Waals surface area contributed by atoms with Crippen LogP contribution in [0.2, 0.25) is 0 Å². The molecule has 0 bridgehead atoms. The topological polar surface area (TPSA) is 23.6 Å². The zero-order valence-corrected chi connectivity index (χ0v) is 9.89. The lowest BCUT2D eigenvalue weighted by molar-refractivity contribution is 0.0533. The van der Waals surface area contributed by atoms with Gasteiger partial charge in [0.15, 0.2) is 0 Å². The fourth-order valence-corrected chi connectivity index (χ4v) is 2.19. The molecular weight excluding hydrogens is 200 g/mol. The van der Waals surface area contributed by atoms with Crippen LogP contribution in [0.1, 0.15) is 17.3 Å².